The zero-order valence-electron chi connectivity index (χ0n) is 12.8. The summed E-state index contributed by atoms with van der Waals surface area (Å²) in [6, 6.07) is 0.276. The van der Waals surface area contributed by atoms with Gasteiger partial charge in [0.25, 0.3) is 0 Å². The number of hydrogen-bond acceptors (Lipinski definition) is 3. The average Bonchev–Trinajstić information content (AvgIpc) is 2.35. The Bertz CT molecular complexity index is 305. The van der Waals surface area contributed by atoms with Crippen LogP contribution in [-0.2, 0) is 4.79 Å². The summed E-state index contributed by atoms with van der Waals surface area (Å²) in [4.78, 5) is 12.5. The number of nitrogens with two attached hydrogens (primary N) is 1. The lowest BCUT2D eigenvalue weighted by Gasteiger charge is -2.46. The highest BCUT2D eigenvalue weighted by Gasteiger charge is 2.45. The molecule has 0 aromatic heterocycles. The lowest BCUT2D eigenvalue weighted by atomic mass is 9.61. The Kier molecular flexibility index (Phi) is 5.81. The van der Waals surface area contributed by atoms with Crippen molar-refractivity contribution in [2.24, 2.45) is 23.0 Å². The van der Waals surface area contributed by atoms with Gasteiger partial charge in [-0.25, -0.2) is 0 Å². The second kappa shape index (κ2) is 6.71. The van der Waals surface area contributed by atoms with Crippen molar-refractivity contribution in [1.29, 1.82) is 0 Å². The molecule has 1 aliphatic rings. The smallest absolute Gasteiger partial charge is 0.223 e. The SMILES string of the molecule is CCC(CCO)NC(=O)C1CCC(N)C(C)C1(C)C. The third-order valence-corrected chi connectivity index (χ3v) is 5.14. The minimum absolute atomic E-state index is 0.0232. The maximum atomic E-state index is 12.5. The van der Waals surface area contributed by atoms with Crippen molar-refractivity contribution in [2.75, 3.05) is 6.61 Å². The van der Waals surface area contributed by atoms with Crippen molar-refractivity contribution in [3.63, 3.8) is 0 Å². The van der Waals surface area contributed by atoms with Crippen molar-refractivity contribution < 1.29 is 9.90 Å². The standard InChI is InChI=1S/C15H30N2O2/c1-5-11(8-9-18)17-14(19)12-6-7-13(16)10(2)15(12,3)4/h10-13,18H,5-9,16H2,1-4H3,(H,17,19). The molecule has 1 saturated carbocycles. The Hall–Kier alpha value is -0.610. The first kappa shape index (κ1) is 16.4. The fourth-order valence-electron chi connectivity index (χ4n) is 3.16. The third-order valence-electron chi connectivity index (χ3n) is 5.14. The number of amides is 1. The third kappa shape index (κ3) is 3.69. The van der Waals surface area contributed by atoms with E-state index >= 15 is 0 Å². The van der Waals surface area contributed by atoms with E-state index < -0.39 is 0 Å². The number of aliphatic hydroxyl groups excluding tert-OH is 1. The van der Waals surface area contributed by atoms with Crippen molar-refractivity contribution in [1.82, 2.24) is 5.32 Å². The Morgan fingerprint density at radius 1 is 1.47 bits per heavy atom. The van der Waals surface area contributed by atoms with Gasteiger partial charge < -0.3 is 16.2 Å². The van der Waals surface area contributed by atoms with E-state index in [-0.39, 0.29) is 35.9 Å². The summed E-state index contributed by atoms with van der Waals surface area (Å²) in [5, 5.41) is 12.1. The number of carbonyl (C=O) groups is 1. The normalized spacial score (nSPS) is 31.8. The van der Waals surface area contributed by atoms with Crippen LogP contribution in [0.1, 0.15) is 53.4 Å². The van der Waals surface area contributed by atoms with Gasteiger partial charge in [-0.15, -0.1) is 0 Å². The van der Waals surface area contributed by atoms with E-state index in [1.54, 1.807) is 0 Å². The maximum Gasteiger partial charge on any atom is 0.223 e. The van der Waals surface area contributed by atoms with Crippen LogP contribution in [-0.4, -0.2) is 29.7 Å². The first-order valence-electron chi connectivity index (χ1n) is 7.51. The van der Waals surface area contributed by atoms with Gasteiger partial charge in [0.1, 0.15) is 0 Å². The van der Waals surface area contributed by atoms with Gasteiger partial charge in [-0.1, -0.05) is 27.7 Å². The second-order valence-corrected chi connectivity index (χ2v) is 6.53. The summed E-state index contributed by atoms with van der Waals surface area (Å²) in [7, 11) is 0. The molecule has 0 aromatic rings. The molecular formula is C15H30N2O2. The molecule has 4 N–H and O–H groups in total. The van der Waals surface area contributed by atoms with Crippen molar-refractivity contribution in [2.45, 2.75) is 65.5 Å². The largest absolute Gasteiger partial charge is 0.396 e. The van der Waals surface area contributed by atoms with E-state index in [0.29, 0.717) is 12.3 Å². The molecule has 112 valence electrons. The summed E-state index contributed by atoms with van der Waals surface area (Å²) in [6.45, 7) is 8.59. The summed E-state index contributed by atoms with van der Waals surface area (Å²) >= 11 is 0. The maximum absolute atomic E-state index is 12.5. The topological polar surface area (TPSA) is 75.3 Å². The first-order chi connectivity index (χ1) is 8.84. The number of rotatable bonds is 5. The molecule has 1 amide bonds. The summed E-state index contributed by atoms with van der Waals surface area (Å²) in [5.74, 6) is 0.494. The summed E-state index contributed by atoms with van der Waals surface area (Å²) < 4.78 is 0. The molecule has 4 unspecified atom stereocenters. The van der Waals surface area contributed by atoms with Gasteiger partial charge in [0.05, 0.1) is 0 Å². The van der Waals surface area contributed by atoms with E-state index in [4.69, 9.17) is 10.8 Å². The predicted molar refractivity (Wildman–Crippen MR) is 77.6 cm³/mol. The Labute approximate surface area is 117 Å². The quantitative estimate of drug-likeness (QED) is 0.711. The highest BCUT2D eigenvalue weighted by molar-refractivity contribution is 5.80. The number of carbonyl (C=O) groups excluding carboxylic acids is 1. The molecular weight excluding hydrogens is 240 g/mol. The molecule has 1 rings (SSSR count). The highest BCUT2D eigenvalue weighted by atomic mass is 16.3. The Morgan fingerprint density at radius 3 is 2.63 bits per heavy atom. The van der Waals surface area contributed by atoms with Crippen LogP contribution in [0.2, 0.25) is 0 Å². The number of aliphatic hydroxyl groups is 1. The molecule has 0 aromatic carbocycles. The molecule has 19 heavy (non-hydrogen) atoms. The van der Waals surface area contributed by atoms with E-state index in [1.807, 2.05) is 6.92 Å². The molecule has 0 heterocycles. The predicted octanol–water partition coefficient (Wildman–Crippen LogP) is 1.66. The Morgan fingerprint density at radius 2 is 2.11 bits per heavy atom. The van der Waals surface area contributed by atoms with Gasteiger partial charge >= 0.3 is 0 Å². The molecule has 1 aliphatic carbocycles. The molecule has 4 heteroatoms. The van der Waals surface area contributed by atoms with Crippen LogP contribution in [0.5, 0.6) is 0 Å². The minimum atomic E-state index is -0.0702. The zero-order chi connectivity index (χ0) is 14.6. The minimum Gasteiger partial charge on any atom is -0.396 e. The molecule has 0 aliphatic heterocycles. The van der Waals surface area contributed by atoms with Crippen LogP contribution in [0, 0.1) is 17.3 Å². The highest BCUT2D eigenvalue weighted by Crippen LogP contribution is 2.44. The van der Waals surface area contributed by atoms with E-state index in [9.17, 15) is 4.79 Å². The molecule has 1 fully saturated rings. The second-order valence-electron chi connectivity index (χ2n) is 6.53. The molecule has 0 radical (unpaired) electrons. The van der Waals surface area contributed by atoms with Gasteiger partial charge in [-0.05, 0) is 37.0 Å². The first-order valence-corrected chi connectivity index (χ1v) is 7.51. The van der Waals surface area contributed by atoms with Crippen LogP contribution < -0.4 is 11.1 Å². The van der Waals surface area contributed by atoms with E-state index in [2.05, 4.69) is 26.1 Å². The lowest BCUT2D eigenvalue weighted by molar-refractivity contribution is -0.133. The summed E-state index contributed by atoms with van der Waals surface area (Å²) in [6.07, 6.45) is 3.26. The van der Waals surface area contributed by atoms with Crippen LogP contribution in [0.4, 0.5) is 0 Å². The summed E-state index contributed by atoms with van der Waals surface area (Å²) in [5.41, 5.74) is 6.06. The Balaban J connectivity index is 2.70. The van der Waals surface area contributed by atoms with Crippen LogP contribution in [0.3, 0.4) is 0 Å². The van der Waals surface area contributed by atoms with Gasteiger partial charge in [0.2, 0.25) is 5.91 Å². The van der Waals surface area contributed by atoms with E-state index in [1.165, 1.54) is 0 Å². The van der Waals surface area contributed by atoms with Gasteiger partial charge in [-0.2, -0.15) is 0 Å². The molecule has 0 spiro atoms. The van der Waals surface area contributed by atoms with Gasteiger partial charge in [0.15, 0.2) is 0 Å². The monoisotopic (exact) mass is 270 g/mol. The van der Waals surface area contributed by atoms with Gasteiger partial charge in [-0.3, -0.25) is 4.79 Å². The van der Waals surface area contributed by atoms with Crippen molar-refractivity contribution in [3.8, 4) is 0 Å². The molecule has 4 nitrogen and oxygen atoms in total. The fourth-order valence-corrected chi connectivity index (χ4v) is 3.16. The fraction of sp³-hybridized carbons (Fsp3) is 0.933. The molecule has 0 saturated heterocycles. The average molecular weight is 270 g/mol. The van der Waals surface area contributed by atoms with Gasteiger partial charge in [0, 0.05) is 24.6 Å². The van der Waals surface area contributed by atoms with E-state index in [0.717, 1.165) is 19.3 Å². The number of nitrogens with one attached hydrogen (secondary N) is 1. The lowest BCUT2D eigenvalue weighted by Crippen LogP contribution is -2.52. The number of hydrogen-bond donors (Lipinski definition) is 3. The molecule has 0 bridgehead atoms. The van der Waals surface area contributed by atoms with Crippen molar-refractivity contribution >= 4 is 5.91 Å². The van der Waals surface area contributed by atoms with Crippen molar-refractivity contribution in [3.05, 3.63) is 0 Å². The van der Waals surface area contributed by atoms with Crippen LogP contribution in [0.25, 0.3) is 0 Å². The van der Waals surface area contributed by atoms with Crippen LogP contribution >= 0.6 is 0 Å². The van der Waals surface area contributed by atoms with Crippen LogP contribution in [0.15, 0.2) is 0 Å². The zero-order valence-corrected chi connectivity index (χ0v) is 12.8. The molecule has 4 atom stereocenters.